The van der Waals surface area contributed by atoms with Gasteiger partial charge in [-0.15, -0.1) is 0 Å². The summed E-state index contributed by atoms with van der Waals surface area (Å²) < 4.78 is 5.95. The molecule has 0 aromatic rings. The van der Waals surface area contributed by atoms with Crippen molar-refractivity contribution in [2.45, 2.75) is 78.9 Å². The molecule has 1 aliphatic carbocycles. The van der Waals surface area contributed by atoms with Crippen molar-refractivity contribution in [2.24, 2.45) is 11.3 Å². The van der Waals surface area contributed by atoms with E-state index >= 15 is 0 Å². The minimum Gasteiger partial charge on any atom is -0.368 e. The van der Waals surface area contributed by atoms with Crippen LogP contribution in [0.5, 0.6) is 0 Å². The zero-order valence-electron chi connectivity index (χ0n) is 13.3. The molecule has 0 bridgehead atoms. The monoisotopic (exact) mass is 269 g/mol. The number of amides is 1. The maximum Gasteiger partial charge on any atom is 0.249 e. The van der Waals surface area contributed by atoms with Crippen LogP contribution in [0.15, 0.2) is 0 Å². The Morgan fingerprint density at radius 3 is 2.32 bits per heavy atom. The van der Waals surface area contributed by atoms with Gasteiger partial charge in [-0.2, -0.15) is 0 Å². The van der Waals surface area contributed by atoms with Gasteiger partial charge in [0, 0.05) is 6.04 Å². The highest BCUT2D eigenvalue weighted by atomic mass is 16.5. The molecule has 0 aliphatic heterocycles. The minimum atomic E-state index is -0.303. The summed E-state index contributed by atoms with van der Waals surface area (Å²) in [5.41, 5.74) is 0.106. The Hall–Kier alpha value is -0.570. The molecule has 3 heteroatoms. The number of hydrogen-bond donors (Lipinski definition) is 1. The van der Waals surface area contributed by atoms with Gasteiger partial charge in [0.1, 0.15) is 6.10 Å². The summed E-state index contributed by atoms with van der Waals surface area (Å²) in [6.07, 6.45) is 5.62. The van der Waals surface area contributed by atoms with E-state index in [0.29, 0.717) is 5.92 Å². The lowest BCUT2D eigenvalue weighted by atomic mass is 9.88. The van der Waals surface area contributed by atoms with Crippen LogP contribution < -0.4 is 5.32 Å². The molecule has 19 heavy (non-hydrogen) atoms. The van der Waals surface area contributed by atoms with Gasteiger partial charge < -0.3 is 10.1 Å². The Morgan fingerprint density at radius 1 is 1.26 bits per heavy atom. The third-order valence-corrected chi connectivity index (χ3v) is 3.53. The van der Waals surface area contributed by atoms with E-state index in [1.54, 1.807) is 0 Å². The molecule has 1 aliphatic rings. The first-order valence-corrected chi connectivity index (χ1v) is 7.70. The second-order valence-corrected chi connectivity index (χ2v) is 7.40. The molecule has 1 unspecified atom stereocenters. The molecule has 1 saturated carbocycles. The average Bonchev–Trinajstić information content (AvgIpc) is 2.74. The van der Waals surface area contributed by atoms with Crippen LogP contribution in [0, 0.1) is 11.3 Å². The molecule has 0 radical (unpaired) electrons. The summed E-state index contributed by atoms with van der Waals surface area (Å²) in [5, 5.41) is 2.98. The van der Waals surface area contributed by atoms with Crippen LogP contribution in [0.1, 0.15) is 66.7 Å². The molecule has 1 amide bonds. The summed E-state index contributed by atoms with van der Waals surface area (Å²) in [6.45, 7) is 11.2. The molecular weight excluding hydrogens is 238 g/mol. The first-order chi connectivity index (χ1) is 8.78. The van der Waals surface area contributed by atoms with Crippen LogP contribution in [0.2, 0.25) is 0 Å². The summed E-state index contributed by atoms with van der Waals surface area (Å²) in [5.74, 6) is 0.706. The highest BCUT2D eigenvalue weighted by molar-refractivity contribution is 5.81. The molecule has 0 heterocycles. The van der Waals surface area contributed by atoms with E-state index in [4.69, 9.17) is 4.74 Å². The van der Waals surface area contributed by atoms with E-state index in [2.05, 4.69) is 26.1 Å². The molecule has 0 aromatic carbocycles. The predicted molar refractivity (Wildman–Crippen MR) is 79.0 cm³/mol. The fourth-order valence-electron chi connectivity index (χ4n) is 2.59. The SMILES string of the molecule is CC(C)NC(=O)C(CC(C)(C)C)OCC1CCCC1. The zero-order valence-corrected chi connectivity index (χ0v) is 13.3. The molecule has 1 rings (SSSR count). The largest absolute Gasteiger partial charge is 0.368 e. The van der Waals surface area contributed by atoms with Crippen LogP contribution in [0.4, 0.5) is 0 Å². The van der Waals surface area contributed by atoms with E-state index in [1.165, 1.54) is 25.7 Å². The topological polar surface area (TPSA) is 38.3 Å². The lowest BCUT2D eigenvalue weighted by Crippen LogP contribution is -2.42. The van der Waals surface area contributed by atoms with Gasteiger partial charge in [0.2, 0.25) is 5.91 Å². The first kappa shape index (κ1) is 16.5. The second-order valence-electron chi connectivity index (χ2n) is 7.40. The van der Waals surface area contributed by atoms with Crippen LogP contribution in [0.3, 0.4) is 0 Å². The maximum absolute atomic E-state index is 12.2. The van der Waals surface area contributed by atoms with Gasteiger partial charge in [-0.25, -0.2) is 0 Å². The Balaban J connectivity index is 2.49. The van der Waals surface area contributed by atoms with E-state index in [1.807, 2.05) is 13.8 Å². The molecule has 1 N–H and O–H groups in total. The molecule has 112 valence electrons. The van der Waals surface area contributed by atoms with Crippen molar-refractivity contribution in [1.82, 2.24) is 5.32 Å². The molecule has 0 aromatic heterocycles. The van der Waals surface area contributed by atoms with Crippen molar-refractivity contribution in [3.63, 3.8) is 0 Å². The summed E-state index contributed by atoms with van der Waals surface area (Å²) >= 11 is 0. The van der Waals surface area contributed by atoms with Gasteiger partial charge >= 0.3 is 0 Å². The van der Waals surface area contributed by atoms with E-state index in [-0.39, 0.29) is 23.5 Å². The molecule has 1 fully saturated rings. The normalized spacial score (nSPS) is 18.8. The fourth-order valence-corrected chi connectivity index (χ4v) is 2.59. The Morgan fingerprint density at radius 2 is 1.84 bits per heavy atom. The van der Waals surface area contributed by atoms with Gasteiger partial charge in [0.05, 0.1) is 6.61 Å². The second kappa shape index (κ2) is 7.28. The average molecular weight is 269 g/mol. The standard InChI is InChI=1S/C16H31NO2/c1-12(2)17-15(18)14(10-16(3,4)5)19-11-13-8-6-7-9-13/h12-14H,6-11H2,1-5H3,(H,17,18). The van der Waals surface area contributed by atoms with E-state index in [9.17, 15) is 4.79 Å². The fraction of sp³-hybridized carbons (Fsp3) is 0.938. The van der Waals surface area contributed by atoms with Crippen molar-refractivity contribution in [3.8, 4) is 0 Å². The number of nitrogens with one attached hydrogen (secondary N) is 1. The van der Waals surface area contributed by atoms with Crippen molar-refractivity contribution < 1.29 is 9.53 Å². The van der Waals surface area contributed by atoms with Gasteiger partial charge in [0.15, 0.2) is 0 Å². The third kappa shape index (κ3) is 6.95. The van der Waals surface area contributed by atoms with Gasteiger partial charge in [0.25, 0.3) is 0 Å². The van der Waals surface area contributed by atoms with E-state index < -0.39 is 0 Å². The van der Waals surface area contributed by atoms with Crippen molar-refractivity contribution in [3.05, 3.63) is 0 Å². The third-order valence-electron chi connectivity index (χ3n) is 3.53. The Labute approximate surface area is 118 Å². The summed E-state index contributed by atoms with van der Waals surface area (Å²) in [7, 11) is 0. The highest BCUT2D eigenvalue weighted by Crippen LogP contribution is 2.27. The van der Waals surface area contributed by atoms with Gasteiger partial charge in [-0.1, -0.05) is 33.6 Å². The summed E-state index contributed by atoms with van der Waals surface area (Å²) in [4.78, 5) is 12.2. The zero-order chi connectivity index (χ0) is 14.5. The number of hydrogen-bond acceptors (Lipinski definition) is 2. The summed E-state index contributed by atoms with van der Waals surface area (Å²) in [6, 6.07) is 0.171. The van der Waals surface area contributed by atoms with Gasteiger partial charge in [-0.05, 0) is 44.4 Å². The van der Waals surface area contributed by atoms with Crippen LogP contribution in [-0.2, 0) is 9.53 Å². The molecule has 0 spiro atoms. The van der Waals surface area contributed by atoms with Crippen molar-refractivity contribution in [2.75, 3.05) is 6.61 Å². The van der Waals surface area contributed by atoms with Gasteiger partial charge in [-0.3, -0.25) is 4.79 Å². The predicted octanol–water partition coefficient (Wildman–Crippen LogP) is 3.52. The molecule has 0 saturated heterocycles. The van der Waals surface area contributed by atoms with Crippen molar-refractivity contribution >= 4 is 5.91 Å². The van der Waals surface area contributed by atoms with E-state index in [0.717, 1.165) is 13.0 Å². The number of rotatable bonds is 6. The quantitative estimate of drug-likeness (QED) is 0.801. The Kier molecular flexibility index (Phi) is 6.31. The van der Waals surface area contributed by atoms with Crippen LogP contribution >= 0.6 is 0 Å². The minimum absolute atomic E-state index is 0.0444. The number of ether oxygens (including phenoxy) is 1. The molecule has 3 nitrogen and oxygen atoms in total. The lowest BCUT2D eigenvalue weighted by molar-refractivity contribution is -0.136. The molecular formula is C16H31NO2. The maximum atomic E-state index is 12.2. The van der Waals surface area contributed by atoms with Crippen molar-refractivity contribution in [1.29, 1.82) is 0 Å². The van der Waals surface area contributed by atoms with Crippen LogP contribution in [0.25, 0.3) is 0 Å². The number of carbonyl (C=O) groups excluding carboxylic acids is 1. The smallest absolute Gasteiger partial charge is 0.249 e. The number of carbonyl (C=O) groups is 1. The highest BCUT2D eigenvalue weighted by Gasteiger charge is 2.27. The first-order valence-electron chi connectivity index (χ1n) is 7.70. The molecule has 1 atom stereocenters. The Bertz CT molecular complexity index is 275. The lowest BCUT2D eigenvalue weighted by Gasteiger charge is -2.27. The van der Waals surface area contributed by atoms with Crippen LogP contribution in [-0.4, -0.2) is 24.7 Å².